The molecule has 0 bridgehead atoms. The van der Waals surface area contributed by atoms with E-state index in [2.05, 4.69) is 17.4 Å². The largest absolute Gasteiger partial charge is 0.326 e. The number of hydrogen-bond acceptors (Lipinski definition) is 4. The van der Waals surface area contributed by atoms with E-state index in [4.69, 9.17) is 0 Å². The molecule has 2 aromatic carbocycles. The predicted molar refractivity (Wildman–Crippen MR) is 112 cm³/mol. The second kappa shape index (κ2) is 7.63. The lowest BCUT2D eigenvalue weighted by Crippen LogP contribution is -2.28. The van der Waals surface area contributed by atoms with Crippen molar-refractivity contribution in [3.8, 4) is 0 Å². The average Bonchev–Trinajstić information content (AvgIpc) is 3.34. The van der Waals surface area contributed by atoms with Crippen molar-refractivity contribution < 1.29 is 18.0 Å². The van der Waals surface area contributed by atoms with Gasteiger partial charge in [-0.25, -0.2) is 8.42 Å². The molecule has 0 saturated carbocycles. The zero-order chi connectivity index (χ0) is 20.6. The molecule has 4 rings (SSSR count). The number of hydrogen-bond donors (Lipinski definition) is 1. The quantitative estimate of drug-likeness (QED) is 0.818. The van der Waals surface area contributed by atoms with Crippen molar-refractivity contribution in [2.45, 2.75) is 37.5 Å². The third kappa shape index (κ3) is 3.92. The molecule has 1 fully saturated rings. The minimum atomic E-state index is -3.27. The summed E-state index contributed by atoms with van der Waals surface area (Å²) in [5, 5.41) is 2.80. The van der Waals surface area contributed by atoms with Crippen LogP contribution in [0, 0.1) is 5.92 Å². The summed E-state index contributed by atoms with van der Waals surface area (Å²) in [6, 6.07) is 12.3. The molecule has 1 aliphatic carbocycles. The molecule has 29 heavy (non-hydrogen) atoms. The summed E-state index contributed by atoms with van der Waals surface area (Å²) in [7, 11) is -3.27. The van der Waals surface area contributed by atoms with Gasteiger partial charge in [0.15, 0.2) is 9.84 Å². The monoisotopic (exact) mass is 412 g/mol. The maximum atomic E-state index is 12.7. The van der Waals surface area contributed by atoms with E-state index in [-0.39, 0.29) is 28.9 Å². The van der Waals surface area contributed by atoms with Crippen LogP contribution in [0.4, 0.5) is 11.4 Å². The van der Waals surface area contributed by atoms with Gasteiger partial charge < -0.3 is 10.2 Å². The summed E-state index contributed by atoms with van der Waals surface area (Å²) in [5.74, 6) is -0.683. The van der Waals surface area contributed by atoms with Crippen LogP contribution in [0.1, 0.15) is 30.9 Å². The summed E-state index contributed by atoms with van der Waals surface area (Å²) < 4.78 is 23.8. The molecule has 1 unspecified atom stereocenters. The first kappa shape index (κ1) is 19.6. The van der Waals surface area contributed by atoms with Crippen LogP contribution < -0.4 is 10.2 Å². The highest BCUT2D eigenvalue weighted by Crippen LogP contribution is 2.31. The van der Waals surface area contributed by atoms with Crippen molar-refractivity contribution in [2.24, 2.45) is 5.92 Å². The number of aryl methyl sites for hydroxylation is 2. The minimum Gasteiger partial charge on any atom is -0.326 e. The zero-order valence-electron chi connectivity index (χ0n) is 16.3. The van der Waals surface area contributed by atoms with Crippen molar-refractivity contribution in [3.05, 3.63) is 53.6 Å². The molecule has 1 heterocycles. The van der Waals surface area contributed by atoms with Crippen molar-refractivity contribution in [1.82, 2.24) is 0 Å². The van der Waals surface area contributed by atoms with E-state index in [1.165, 1.54) is 23.3 Å². The molecule has 1 N–H and O–H groups in total. The van der Waals surface area contributed by atoms with E-state index in [0.717, 1.165) is 24.9 Å². The Morgan fingerprint density at radius 1 is 1.10 bits per heavy atom. The molecule has 1 aliphatic heterocycles. The van der Waals surface area contributed by atoms with Gasteiger partial charge in [-0.3, -0.25) is 9.59 Å². The predicted octanol–water partition coefficient (Wildman–Crippen LogP) is 2.96. The van der Waals surface area contributed by atoms with E-state index < -0.39 is 15.8 Å². The van der Waals surface area contributed by atoms with Crippen LogP contribution in [0.5, 0.6) is 0 Å². The van der Waals surface area contributed by atoms with Crippen LogP contribution >= 0.6 is 0 Å². The molecule has 2 aromatic rings. The third-order valence-electron chi connectivity index (χ3n) is 5.75. The Kier molecular flexibility index (Phi) is 5.17. The molecule has 0 spiro atoms. The zero-order valence-corrected chi connectivity index (χ0v) is 17.2. The Hall–Kier alpha value is -2.67. The van der Waals surface area contributed by atoms with Gasteiger partial charge in [0.05, 0.1) is 16.6 Å². The van der Waals surface area contributed by atoms with Gasteiger partial charge in [0, 0.05) is 24.3 Å². The molecule has 2 amide bonds. The Bertz CT molecular complexity index is 1060. The SMILES string of the molecule is CCS(=O)(=O)c1ccc(NC(=O)C2CC(=O)N(c3ccc4c(c3)CCC4)C2)cc1. The number of nitrogens with one attached hydrogen (secondary N) is 1. The minimum absolute atomic E-state index is 0.0292. The highest BCUT2D eigenvalue weighted by Gasteiger charge is 2.35. The highest BCUT2D eigenvalue weighted by molar-refractivity contribution is 7.91. The first-order valence-corrected chi connectivity index (χ1v) is 11.6. The number of nitrogens with zero attached hydrogens (tertiary/aromatic N) is 1. The lowest BCUT2D eigenvalue weighted by Gasteiger charge is -2.18. The number of sulfone groups is 1. The van der Waals surface area contributed by atoms with Gasteiger partial charge in [-0.15, -0.1) is 0 Å². The second-order valence-corrected chi connectivity index (χ2v) is 9.91. The molecular weight excluding hydrogens is 388 g/mol. The smallest absolute Gasteiger partial charge is 0.229 e. The van der Waals surface area contributed by atoms with Gasteiger partial charge in [-0.2, -0.15) is 0 Å². The summed E-state index contributed by atoms with van der Waals surface area (Å²) in [6.07, 6.45) is 3.45. The Labute approximate surface area is 170 Å². The van der Waals surface area contributed by atoms with Gasteiger partial charge in [0.25, 0.3) is 0 Å². The molecule has 0 aromatic heterocycles. The Balaban J connectivity index is 1.43. The van der Waals surface area contributed by atoms with Crippen LogP contribution in [0.3, 0.4) is 0 Å². The molecule has 0 radical (unpaired) electrons. The fourth-order valence-corrected chi connectivity index (χ4v) is 4.90. The molecule has 1 saturated heterocycles. The van der Waals surface area contributed by atoms with Crippen molar-refractivity contribution >= 4 is 33.0 Å². The van der Waals surface area contributed by atoms with Gasteiger partial charge in [-0.05, 0) is 66.8 Å². The number of carbonyl (C=O) groups is 2. The third-order valence-corrected chi connectivity index (χ3v) is 7.50. The maximum Gasteiger partial charge on any atom is 0.229 e. The fraction of sp³-hybridized carbons (Fsp3) is 0.364. The number of anilines is 2. The van der Waals surface area contributed by atoms with E-state index in [1.807, 2.05) is 6.07 Å². The van der Waals surface area contributed by atoms with Crippen LogP contribution in [-0.2, 0) is 32.3 Å². The topological polar surface area (TPSA) is 83.5 Å². The molecule has 2 aliphatic rings. The van der Waals surface area contributed by atoms with Crippen molar-refractivity contribution in [3.63, 3.8) is 0 Å². The van der Waals surface area contributed by atoms with E-state index in [9.17, 15) is 18.0 Å². The van der Waals surface area contributed by atoms with Gasteiger partial charge in [-0.1, -0.05) is 13.0 Å². The van der Waals surface area contributed by atoms with Gasteiger partial charge >= 0.3 is 0 Å². The second-order valence-electron chi connectivity index (χ2n) is 7.63. The van der Waals surface area contributed by atoms with Crippen LogP contribution in [0.2, 0.25) is 0 Å². The van der Waals surface area contributed by atoms with Crippen LogP contribution in [-0.4, -0.2) is 32.5 Å². The average molecular weight is 413 g/mol. The lowest BCUT2D eigenvalue weighted by molar-refractivity contribution is -0.122. The molecule has 7 heteroatoms. The Morgan fingerprint density at radius 2 is 1.83 bits per heavy atom. The van der Waals surface area contributed by atoms with Gasteiger partial charge in [0.2, 0.25) is 11.8 Å². The van der Waals surface area contributed by atoms with Gasteiger partial charge in [0.1, 0.15) is 0 Å². The summed E-state index contributed by atoms with van der Waals surface area (Å²) in [6.45, 7) is 1.95. The number of carbonyl (C=O) groups excluding carboxylic acids is 2. The van der Waals surface area contributed by atoms with Crippen LogP contribution in [0.25, 0.3) is 0 Å². The van der Waals surface area contributed by atoms with E-state index >= 15 is 0 Å². The summed E-state index contributed by atoms with van der Waals surface area (Å²) >= 11 is 0. The molecule has 6 nitrogen and oxygen atoms in total. The fourth-order valence-electron chi connectivity index (χ4n) is 4.02. The lowest BCUT2D eigenvalue weighted by atomic mass is 10.1. The number of rotatable bonds is 5. The first-order valence-electron chi connectivity index (χ1n) is 9.93. The maximum absolute atomic E-state index is 12.7. The molecule has 152 valence electrons. The number of fused-ring (bicyclic) bond motifs is 1. The van der Waals surface area contributed by atoms with E-state index in [0.29, 0.717) is 12.2 Å². The van der Waals surface area contributed by atoms with Crippen molar-refractivity contribution in [1.29, 1.82) is 0 Å². The first-order chi connectivity index (χ1) is 13.9. The number of benzene rings is 2. The molecular formula is C22H24N2O4S. The van der Waals surface area contributed by atoms with E-state index in [1.54, 1.807) is 24.0 Å². The number of amides is 2. The standard InChI is InChI=1S/C22H24N2O4S/c1-2-29(27,28)20-10-7-18(8-11-20)23-22(26)17-13-21(25)24(14-17)19-9-6-15-4-3-5-16(15)12-19/h6-12,17H,2-5,13-14H2,1H3,(H,23,26). The Morgan fingerprint density at radius 3 is 2.55 bits per heavy atom. The molecule has 1 atom stereocenters. The van der Waals surface area contributed by atoms with Crippen molar-refractivity contribution in [2.75, 3.05) is 22.5 Å². The highest BCUT2D eigenvalue weighted by atomic mass is 32.2. The summed E-state index contributed by atoms with van der Waals surface area (Å²) in [4.78, 5) is 27.1. The van der Waals surface area contributed by atoms with Crippen LogP contribution in [0.15, 0.2) is 47.4 Å². The normalized spacial score (nSPS) is 18.7. The summed E-state index contributed by atoms with van der Waals surface area (Å²) in [5.41, 5.74) is 4.03.